The van der Waals surface area contributed by atoms with Crippen molar-refractivity contribution in [2.45, 2.75) is 27.2 Å². The highest BCUT2D eigenvalue weighted by Gasteiger charge is 1.98. The normalized spacial score (nSPS) is 9.19. The van der Waals surface area contributed by atoms with Gasteiger partial charge in [0.1, 0.15) is 0 Å². The summed E-state index contributed by atoms with van der Waals surface area (Å²) in [6.45, 7) is 6.15. The van der Waals surface area contributed by atoms with Gasteiger partial charge in [0.2, 0.25) is 0 Å². The third kappa shape index (κ3) is 3.16. The first-order chi connectivity index (χ1) is 7.90. The van der Waals surface area contributed by atoms with E-state index in [9.17, 15) is 0 Å². The lowest BCUT2D eigenvalue weighted by Gasteiger charge is -2.00. The maximum atomic E-state index is 4.19. The molecule has 0 aliphatic heterocycles. The summed E-state index contributed by atoms with van der Waals surface area (Å²) >= 11 is 0. The van der Waals surface area contributed by atoms with Crippen LogP contribution < -0.4 is 0 Å². The van der Waals surface area contributed by atoms with Gasteiger partial charge in [0.05, 0.1) is 0 Å². The molecule has 84 valence electrons. The first-order valence-corrected chi connectivity index (χ1v) is 5.76. The van der Waals surface area contributed by atoms with E-state index in [-0.39, 0.29) is 0 Å². The largest absolute Gasteiger partial charge is 0.237 e. The van der Waals surface area contributed by atoms with E-state index in [2.05, 4.69) is 41.2 Å². The van der Waals surface area contributed by atoms with Crippen LogP contribution in [0.25, 0.3) is 11.4 Å². The highest BCUT2D eigenvalue weighted by Crippen LogP contribution is 2.14. The molecule has 1 heterocycles. The third-order valence-corrected chi connectivity index (χ3v) is 2.19. The molecule has 16 heavy (non-hydrogen) atoms. The highest BCUT2D eigenvalue weighted by molar-refractivity contribution is 5.54. The number of hydrogen-bond acceptors (Lipinski definition) is 2. The van der Waals surface area contributed by atoms with Crippen LogP contribution >= 0.6 is 0 Å². The van der Waals surface area contributed by atoms with Crippen LogP contribution in [0.2, 0.25) is 0 Å². The lowest BCUT2D eigenvalue weighted by molar-refractivity contribution is 1.13. The second kappa shape index (κ2) is 6.72. The van der Waals surface area contributed by atoms with Crippen LogP contribution in [-0.4, -0.2) is 9.97 Å². The van der Waals surface area contributed by atoms with E-state index in [4.69, 9.17) is 0 Å². The van der Waals surface area contributed by atoms with Crippen LogP contribution in [0, 0.1) is 0 Å². The Morgan fingerprint density at radius 1 is 0.938 bits per heavy atom. The molecule has 0 saturated heterocycles. The number of nitrogens with zero attached hydrogens (tertiary/aromatic N) is 2. The van der Waals surface area contributed by atoms with Crippen LogP contribution in [-0.2, 0) is 6.42 Å². The molecular formula is C14H18N2. The zero-order valence-electron chi connectivity index (χ0n) is 10.1. The quantitative estimate of drug-likeness (QED) is 0.761. The SMILES string of the molecule is CC.CCc1ccc(-c2ncccn2)cc1. The first kappa shape index (κ1) is 12.4. The monoisotopic (exact) mass is 214 g/mol. The standard InChI is InChI=1S/C12H12N2.C2H6/c1-2-10-4-6-11(7-5-10)12-13-8-3-9-14-12;1-2/h3-9H,2H2,1H3;1-2H3. The van der Waals surface area contributed by atoms with E-state index in [0.717, 1.165) is 17.8 Å². The van der Waals surface area contributed by atoms with Gasteiger partial charge in [0, 0.05) is 18.0 Å². The van der Waals surface area contributed by atoms with Gasteiger partial charge in [-0.1, -0.05) is 45.0 Å². The van der Waals surface area contributed by atoms with Crippen molar-refractivity contribution in [2.75, 3.05) is 0 Å². The Morgan fingerprint density at radius 3 is 2.00 bits per heavy atom. The molecule has 0 aliphatic rings. The van der Waals surface area contributed by atoms with Gasteiger partial charge in [-0.3, -0.25) is 0 Å². The second-order valence-electron chi connectivity index (χ2n) is 3.12. The van der Waals surface area contributed by atoms with Gasteiger partial charge in [-0.15, -0.1) is 0 Å². The molecule has 0 fully saturated rings. The number of aromatic nitrogens is 2. The van der Waals surface area contributed by atoms with Crippen molar-refractivity contribution in [3.05, 3.63) is 48.3 Å². The molecule has 2 nitrogen and oxygen atoms in total. The molecule has 0 spiro atoms. The van der Waals surface area contributed by atoms with Gasteiger partial charge in [-0.25, -0.2) is 9.97 Å². The van der Waals surface area contributed by atoms with Crippen LogP contribution in [0.15, 0.2) is 42.7 Å². The average molecular weight is 214 g/mol. The molecule has 2 aromatic rings. The summed E-state index contributed by atoms with van der Waals surface area (Å²) in [6, 6.07) is 10.2. The van der Waals surface area contributed by atoms with Crippen LogP contribution in [0.3, 0.4) is 0 Å². The smallest absolute Gasteiger partial charge is 0.159 e. The van der Waals surface area contributed by atoms with Gasteiger partial charge in [0.25, 0.3) is 0 Å². The minimum absolute atomic E-state index is 0.787. The molecule has 0 aliphatic carbocycles. The fourth-order valence-corrected chi connectivity index (χ4v) is 1.34. The van der Waals surface area contributed by atoms with E-state index in [0.29, 0.717) is 0 Å². The van der Waals surface area contributed by atoms with Gasteiger partial charge in [-0.05, 0) is 18.1 Å². The van der Waals surface area contributed by atoms with Crippen molar-refractivity contribution >= 4 is 0 Å². The molecule has 0 saturated carbocycles. The van der Waals surface area contributed by atoms with Crippen molar-refractivity contribution in [1.29, 1.82) is 0 Å². The van der Waals surface area contributed by atoms with Gasteiger partial charge >= 0.3 is 0 Å². The molecule has 0 radical (unpaired) electrons. The minimum atomic E-state index is 0.787. The molecule has 0 bridgehead atoms. The van der Waals surface area contributed by atoms with Crippen LogP contribution in [0.4, 0.5) is 0 Å². The molecule has 0 unspecified atom stereocenters. The Labute approximate surface area is 97.4 Å². The third-order valence-electron chi connectivity index (χ3n) is 2.19. The van der Waals surface area contributed by atoms with Crippen molar-refractivity contribution in [1.82, 2.24) is 9.97 Å². The zero-order valence-corrected chi connectivity index (χ0v) is 10.1. The number of benzene rings is 1. The molecule has 1 aromatic heterocycles. The maximum absolute atomic E-state index is 4.19. The molecule has 2 heteroatoms. The molecule has 0 amide bonds. The fraction of sp³-hybridized carbons (Fsp3) is 0.286. The average Bonchev–Trinajstić information content (AvgIpc) is 2.42. The number of aryl methyl sites for hydroxylation is 1. The summed E-state index contributed by atoms with van der Waals surface area (Å²) in [5, 5.41) is 0. The van der Waals surface area contributed by atoms with Gasteiger partial charge in [-0.2, -0.15) is 0 Å². The Kier molecular flexibility index (Phi) is 5.20. The van der Waals surface area contributed by atoms with E-state index < -0.39 is 0 Å². The van der Waals surface area contributed by atoms with Crippen LogP contribution in [0.5, 0.6) is 0 Å². The molecule has 0 N–H and O–H groups in total. The lowest BCUT2D eigenvalue weighted by Crippen LogP contribution is -1.87. The summed E-state index contributed by atoms with van der Waals surface area (Å²) in [5.41, 5.74) is 2.41. The van der Waals surface area contributed by atoms with E-state index in [1.54, 1.807) is 12.4 Å². The van der Waals surface area contributed by atoms with Crippen molar-refractivity contribution in [3.8, 4) is 11.4 Å². The Balaban J connectivity index is 0.000000606. The summed E-state index contributed by atoms with van der Waals surface area (Å²) in [5.74, 6) is 0.787. The van der Waals surface area contributed by atoms with Crippen molar-refractivity contribution in [3.63, 3.8) is 0 Å². The predicted octanol–water partition coefficient (Wildman–Crippen LogP) is 3.73. The second-order valence-corrected chi connectivity index (χ2v) is 3.12. The summed E-state index contributed by atoms with van der Waals surface area (Å²) < 4.78 is 0. The number of rotatable bonds is 2. The fourth-order valence-electron chi connectivity index (χ4n) is 1.34. The lowest BCUT2D eigenvalue weighted by atomic mass is 10.1. The van der Waals surface area contributed by atoms with Gasteiger partial charge < -0.3 is 0 Å². The Bertz CT molecular complexity index is 393. The number of hydrogen-bond donors (Lipinski definition) is 0. The maximum Gasteiger partial charge on any atom is 0.159 e. The topological polar surface area (TPSA) is 25.8 Å². The Morgan fingerprint density at radius 2 is 1.50 bits per heavy atom. The summed E-state index contributed by atoms with van der Waals surface area (Å²) in [4.78, 5) is 8.39. The highest BCUT2D eigenvalue weighted by atomic mass is 14.8. The molecular weight excluding hydrogens is 196 g/mol. The van der Waals surface area contributed by atoms with Crippen molar-refractivity contribution < 1.29 is 0 Å². The van der Waals surface area contributed by atoms with E-state index in [1.165, 1.54) is 5.56 Å². The molecule has 0 atom stereocenters. The summed E-state index contributed by atoms with van der Waals surface area (Å²) in [6.07, 6.45) is 4.59. The summed E-state index contributed by atoms with van der Waals surface area (Å²) in [7, 11) is 0. The molecule has 2 rings (SSSR count). The predicted molar refractivity (Wildman–Crippen MR) is 68.2 cm³/mol. The van der Waals surface area contributed by atoms with E-state index in [1.807, 2.05) is 19.9 Å². The van der Waals surface area contributed by atoms with Gasteiger partial charge in [0.15, 0.2) is 5.82 Å². The van der Waals surface area contributed by atoms with E-state index >= 15 is 0 Å². The zero-order chi connectivity index (χ0) is 11.8. The first-order valence-electron chi connectivity index (χ1n) is 5.76. The molecule has 1 aromatic carbocycles. The minimum Gasteiger partial charge on any atom is -0.237 e. The van der Waals surface area contributed by atoms with Crippen LogP contribution in [0.1, 0.15) is 26.3 Å². The van der Waals surface area contributed by atoms with Crippen molar-refractivity contribution in [2.24, 2.45) is 0 Å². The Hall–Kier alpha value is -1.70.